The molecule has 0 fully saturated rings. The van der Waals surface area contributed by atoms with Gasteiger partial charge in [-0.15, -0.1) is 0 Å². The van der Waals surface area contributed by atoms with Crippen molar-refractivity contribution in [2.45, 2.75) is 39.2 Å². The second kappa shape index (κ2) is 7.07. The van der Waals surface area contributed by atoms with Crippen molar-refractivity contribution in [3.8, 4) is 0 Å². The van der Waals surface area contributed by atoms with Gasteiger partial charge in [-0.2, -0.15) is 0 Å². The van der Waals surface area contributed by atoms with Crippen molar-refractivity contribution in [2.75, 3.05) is 13.7 Å². The number of hydrogen-bond donors (Lipinski definition) is 1. The standard InChI is InChI=1S/C11H22FN/c1-9(2)10(3)11(13-4)7-5-6-8-12/h9,11,13H,3,5-8H2,1-2,4H3. The molecule has 0 aromatic heterocycles. The molecular formula is C11H22FN. The SMILES string of the molecule is C=C(C(C)C)C(CCCCF)NC. The quantitative estimate of drug-likeness (QED) is 0.477. The fourth-order valence-electron chi connectivity index (χ4n) is 1.36. The monoisotopic (exact) mass is 187 g/mol. The van der Waals surface area contributed by atoms with Crippen LogP contribution in [0.2, 0.25) is 0 Å². The fraction of sp³-hybridized carbons (Fsp3) is 0.818. The van der Waals surface area contributed by atoms with E-state index in [1.54, 1.807) is 0 Å². The zero-order valence-electron chi connectivity index (χ0n) is 9.07. The smallest absolute Gasteiger partial charge is 0.0894 e. The summed E-state index contributed by atoms with van der Waals surface area (Å²) in [5, 5.41) is 3.22. The van der Waals surface area contributed by atoms with Crippen molar-refractivity contribution in [2.24, 2.45) is 5.92 Å². The molecular weight excluding hydrogens is 165 g/mol. The molecule has 0 aromatic carbocycles. The third-order valence-corrected chi connectivity index (χ3v) is 2.41. The van der Waals surface area contributed by atoms with Gasteiger partial charge in [-0.05, 0) is 32.2 Å². The first-order valence-electron chi connectivity index (χ1n) is 5.05. The van der Waals surface area contributed by atoms with Gasteiger partial charge in [-0.3, -0.25) is 4.39 Å². The lowest BCUT2D eigenvalue weighted by atomic mass is 9.94. The summed E-state index contributed by atoms with van der Waals surface area (Å²) in [5.74, 6) is 0.503. The summed E-state index contributed by atoms with van der Waals surface area (Å²) in [4.78, 5) is 0. The number of unbranched alkanes of at least 4 members (excludes halogenated alkanes) is 1. The average Bonchev–Trinajstić information content (AvgIpc) is 2.11. The molecule has 1 nitrogen and oxygen atoms in total. The minimum Gasteiger partial charge on any atom is -0.313 e. The van der Waals surface area contributed by atoms with Crippen molar-refractivity contribution in [1.82, 2.24) is 5.32 Å². The molecule has 0 bridgehead atoms. The first-order valence-corrected chi connectivity index (χ1v) is 5.05. The Morgan fingerprint density at radius 1 is 1.38 bits per heavy atom. The van der Waals surface area contributed by atoms with Gasteiger partial charge in [0.05, 0.1) is 6.67 Å². The van der Waals surface area contributed by atoms with Gasteiger partial charge >= 0.3 is 0 Å². The lowest BCUT2D eigenvalue weighted by molar-refractivity contribution is 0.435. The molecule has 0 aromatic rings. The van der Waals surface area contributed by atoms with Crippen LogP contribution in [0, 0.1) is 5.92 Å². The van der Waals surface area contributed by atoms with Gasteiger partial charge in [0, 0.05) is 6.04 Å². The van der Waals surface area contributed by atoms with Gasteiger partial charge in [0.25, 0.3) is 0 Å². The predicted octanol–water partition coefficient (Wildman–Crippen LogP) is 2.93. The summed E-state index contributed by atoms with van der Waals surface area (Å²) in [6, 6.07) is 0.353. The molecule has 78 valence electrons. The van der Waals surface area contributed by atoms with E-state index < -0.39 is 0 Å². The predicted molar refractivity (Wildman–Crippen MR) is 56.7 cm³/mol. The van der Waals surface area contributed by atoms with Crippen LogP contribution in [0.3, 0.4) is 0 Å². The highest BCUT2D eigenvalue weighted by Gasteiger charge is 2.12. The molecule has 0 aliphatic rings. The van der Waals surface area contributed by atoms with Crippen LogP contribution in [0.25, 0.3) is 0 Å². The molecule has 0 aliphatic heterocycles. The number of alkyl halides is 1. The molecule has 0 heterocycles. The van der Waals surface area contributed by atoms with Crippen LogP contribution in [0.5, 0.6) is 0 Å². The Bertz CT molecular complexity index is 143. The Balaban J connectivity index is 3.81. The number of likely N-dealkylation sites (N-methyl/N-ethyl adjacent to an activating group) is 1. The third kappa shape index (κ3) is 5.04. The molecule has 0 saturated heterocycles. The van der Waals surface area contributed by atoms with Gasteiger partial charge < -0.3 is 5.32 Å². The van der Waals surface area contributed by atoms with E-state index in [9.17, 15) is 4.39 Å². The largest absolute Gasteiger partial charge is 0.313 e. The molecule has 0 amide bonds. The molecule has 0 aliphatic carbocycles. The van der Waals surface area contributed by atoms with E-state index in [-0.39, 0.29) is 6.67 Å². The molecule has 1 atom stereocenters. The van der Waals surface area contributed by atoms with Gasteiger partial charge in [-0.25, -0.2) is 0 Å². The second-order valence-electron chi connectivity index (χ2n) is 3.76. The normalized spacial score (nSPS) is 13.3. The second-order valence-corrected chi connectivity index (χ2v) is 3.76. The molecule has 1 N–H and O–H groups in total. The van der Waals surface area contributed by atoms with Crippen LogP contribution in [0.15, 0.2) is 12.2 Å². The van der Waals surface area contributed by atoms with Gasteiger partial charge in [0.15, 0.2) is 0 Å². The topological polar surface area (TPSA) is 12.0 Å². The number of halogens is 1. The average molecular weight is 187 g/mol. The Morgan fingerprint density at radius 3 is 2.38 bits per heavy atom. The van der Waals surface area contributed by atoms with Crippen molar-refractivity contribution in [3.63, 3.8) is 0 Å². The Morgan fingerprint density at radius 2 is 2.00 bits per heavy atom. The van der Waals surface area contributed by atoms with Gasteiger partial charge in [-0.1, -0.05) is 26.0 Å². The molecule has 2 heteroatoms. The van der Waals surface area contributed by atoms with E-state index in [1.165, 1.54) is 5.57 Å². The summed E-state index contributed by atoms with van der Waals surface area (Å²) < 4.78 is 11.9. The van der Waals surface area contributed by atoms with Crippen molar-refractivity contribution in [1.29, 1.82) is 0 Å². The molecule has 0 radical (unpaired) electrons. The highest BCUT2D eigenvalue weighted by Crippen LogP contribution is 2.16. The Kier molecular flexibility index (Phi) is 6.87. The van der Waals surface area contributed by atoms with E-state index in [2.05, 4.69) is 25.7 Å². The van der Waals surface area contributed by atoms with Crippen molar-refractivity contribution >= 4 is 0 Å². The van der Waals surface area contributed by atoms with Crippen LogP contribution in [0.4, 0.5) is 4.39 Å². The van der Waals surface area contributed by atoms with Crippen molar-refractivity contribution < 1.29 is 4.39 Å². The molecule has 0 saturated carbocycles. The van der Waals surface area contributed by atoms with E-state index in [1.807, 2.05) is 7.05 Å². The third-order valence-electron chi connectivity index (χ3n) is 2.41. The first-order chi connectivity index (χ1) is 6.13. The summed E-state index contributed by atoms with van der Waals surface area (Å²) in [6.07, 6.45) is 2.61. The van der Waals surface area contributed by atoms with Gasteiger partial charge in [0.1, 0.15) is 0 Å². The molecule has 0 rings (SSSR count). The van der Waals surface area contributed by atoms with Crippen LogP contribution in [0.1, 0.15) is 33.1 Å². The summed E-state index contributed by atoms with van der Waals surface area (Å²) in [6.45, 7) is 8.13. The van der Waals surface area contributed by atoms with E-state index in [0.29, 0.717) is 18.4 Å². The van der Waals surface area contributed by atoms with Gasteiger partial charge in [0.2, 0.25) is 0 Å². The van der Waals surface area contributed by atoms with Crippen LogP contribution >= 0.6 is 0 Å². The summed E-state index contributed by atoms with van der Waals surface area (Å²) in [5.41, 5.74) is 1.22. The molecule has 0 spiro atoms. The van der Waals surface area contributed by atoms with Crippen LogP contribution in [-0.4, -0.2) is 19.8 Å². The van der Waals surface area contributed by atoms with Crippen molar-refractivity contribution in [3.05, 3.63) is 12.2 Å². The minimum atomic E-state index is -0.204. The number of rotatable bonds is 7. The summed E-state index contributed by atoms with van der Waals surface area (Å²) >= 11 is 0. The highest BCUT2D eigenvalue weighted by molar-refractivity contribution is 5.07. The van der Waals surface area contributed by atoms with E-state index in [4.69, 9.17) is 0 Å². The fourth-order valence-corrected chi connectivity index (χ4v) is 1.36. The van der Waals surface area contributed by atoms with Crippen LogP contribution in [-0.2, 0) is 0 Å². The summed E-state index contributed by atoms with van der Waals surface area (Å²) in [7, 11) is 1.94. The zero-order valence-corrected chi connectivity index (χ0v) is 9.07. The zero-order chi connectivity index (χ0) is 10.3. The number of nitrogens with one attached hydrogen (secondary N) is 1. The lowest BCUT2D eigenvalue weighted by Crippen LogP contribution is -2.29. The maximum absolute atomic E-state index is 11.9. The minimum absolute atomic E-state index is 0.204. The lowest BCUT2D eigenvalue weighted by Gasteiger charge is -2.21. The number of hydrogen-bond acceptors (Lipinski definition) is 1. The first kappa shape index (κ1) is 12.6. The molecule has 13 heavy (non-hydrogen) atoms. The molecule has 1 unspecified atom stereocenters. The van der Waals surface area contributed by atoms with E-state index in [0.717, 1.165) is 12.8 Å². The maximum atomic E-state index is 11.9. The Hall–Kier alpha value is -0.370. The highest BCUT2D eigenvalue weighted by atomic mass is 19.1. The maximum Gasteiger partial charge on any atom is 0.0894 e. The Labute approximate surface area is 81.4 Å². The van der Waals surface area contributed by atoms with Crippen LogP contribution < -0.4 is 5.32 Å². The van der Waals surface area contributed by atoms with E-state index >= 15 is 0 Å².